The second-order valence-corrected chi connectivity index (χ2v) is 4.44. The van der Waals surface area contributed by atoms with Crippen molar-refractivity contribution in [2.45, 2.75) is 18.9 Å². The Morgan fingerprint density at radius 1 is 1.44 bits per heavy atom. The van der Waals surface area contributed by atoms with Crippen molar-refractivity contribution in [1.82, 2.24) is 15.2 Å². The van der Waals surface area contributed by atoms with E-state index in [0.717, 1.165) is 12.8 Å². The van der Waals surface area contributed by atoms with Gasteiger partial charge in [0.15, 0.2) is 0 Å². The highest BCUT2D eigenvalue weighted by molar-refractivity contribution is 5.96. The van der Waals surface area contributed by atoms with Crippen LogP contribution in [0.2, 0.25) is 0 Å². The summed E-state index contributed by atoms with van der Waals surface area (Å²) in [6.45, 7) is 0.0223. The average Bonchev–Trinajstić information content (AvgIpc) is 3.12. The smallest absolute Gasteiger partial charge is 0.255 e. The first kappa shape index (κ1) is 12.3. The van der Waals surface area contributed by atoms with E-state index in [9.17, 15) is 14.4 Å². The van der Waals surface area contributed by atoms with Crippen LogP contribution in [0.15, 0.2) is 23.1 Å². The average molecular weight is 249 g/mol. The molecule has 1 fully saturated rings. The Balaban J connectivity index is 1.92. The van der Waals surface area contributed by atoms with E-state index in [0.29, 0.717) is 5.56 Å². The summed E-state index contributed by atoms with van der Waals surface area (Å²) >= 11 is 0. The Hall–Kier alpha value is -2.11. The monoisotopic (exact) mass is 249 g/mol. The summed E-state index contributed by atoms with van der Waals surface area (Å²) in [5.74, 6) is -0.449. The van der Waals surface area contributed by atoms with Crippen LogP contribution in [0.25, 0.3) is 0 Å². The molecule has 1 aromatic heterocycles. The lowest BCUT2D eigenvalue weighted by molar-refractivity contribution is -0.121. The topological polar surface area (TPSA) is 82.3 Å². The standard InChI is InChI=1S/C12H15N3O3/c1-15(7-11(17)14-9-3-4-9)12(18)8-2-5-10(16)13-6-8/h2,5-6,9H,3-4,7H2,1H3,(H,13,16)(H,14,17). The van der Waals surface area contributed by atoms with Crippen LogP contribution in [0.3, 0.4) is 0 Å². The van der Waals surface area contributed by atoms with Gasteiger partial charge in [0.1, 0.15) is 0 Å². The van der Waals surface area contributed by atoms with Crippen LogP contribution in [0.4, 0.5) is 0 Å². The van der Waals surface area contributed by atoms with Gasteiger partial charge in [0.2, 0.25) is 11.5 Å². The van der Waals surface area contributed by atoms with Crippen LogP contribution in [-0.4, -0.2) is 41.3 Å². The second kappa shape index (κ2) is 5.03. The molecular formula is C12H15N3O3. The first-order chi connectivity index (χ1) is 8.56. The summed E-state index contributed by atoms with van der Waals surface area (Å²) in [6.07, 6.45) is 3.38. The maximum absolute atomic E-state index is 11.9. The molecule has 1 heterocycles. The number of rotatable bonds is 4. The van der Waals surface area contributed by atoms with E-state index in [-0.39, 0.29) is 30.0 Å². The van der Waals surface area contributed by atoms with Crippen molar-refractivity contribution < 1.29 is 9.59 Å². The lowest BCUT2D eigenvalue weighted by Gasteiger charge is -2.16. The van der Waals surface area contributed by atoms with Gasteiger partial charge in [-0.15, -0.1) is 0 Å². The molecule has 0 aromatic carbocycles. The molecule has 18 heavy (non-hydrogen) atoms. The van der Waals surface area contributed by atoms with Crippen molar-refractivity contribution in [1.29, 1.82) is 0 Å². The Bertz CT molecular complexity index is 499. The Morgan fingerprint density at radius 3 is 2.72 bits per heavy atom. The van der Waals surface area contributed by atoms with Gasteiger partial charge in [-0.2, -0.15) is 0 Å². The fourth-order valence-electron chi connectivity index (χ4n) is 1.55. The van der Waals surface area contributed by atoms with E-state index in [1.54, 1.807) is 7.05 Å². The van der Waals surface area contributed by atoms with Crippen LogP contribution in [0, 0.1) is 0 Å². The van der Waals surface area contributed by atoms with Crippen LogP contribution in [0.1, 0.15) is 23.2 Å². The number of likely N-dealkylation sites (N-methyl/N-ethyl adjacent to an activating group) is 1. The van der Waals surface area contributed by atoms with Gasteiger partial charge in [-0.05, 0) is 18.9 Å². The van der Waals surface area contributed by atoms with Crippen molar-refractivity contribution in [3.05, 3.63) is 34.2 Å². The van der Waals surface area contributed by atoms with Crippen LogP contribution in [0.5, 0.6) is 0 Å². The van der Waals surface area contributed by atoms with Gasteiger partial charge in [0, 0.05) is 25.4 Å². The molecule has 1 aliphatic rings. The number of carbonyl (C=O) groups is 2. The number of hydrogen-bond acceptors (Lipinski definition) is 3. The predicted octanol–water partition coefficient (Wildman–Crippen LogP) is -0.275. The maximum Gasteiger partial charge on any atom is 0.255 e. The van der Waals surface area contributed by atoms with Crippen LogP contribution in [-0.2, 0) is 4.79 Å². The van der Waals surface area contributed by atoms with E-state index in [4.69, 9.17) is 0 Å². The second-order valence-electron chi connectivity index (χ2n) is 4.44. The lowest BCUT2D eigenvalue weighted by atomic mass is 10.2. The minimum Gasteiger partial charge on any atom is -0.352 e. The maximum atomic E-state index is 11.9. The Morgan fingerprint density at radius 2 is 2.17 bits per heavy atom. The fraction of sp³-hybridized carbons (Fsp3) is 0.417. The number of aromatic amines is 1. The van der Waals surface area contributed by atoms with Crippen molar-refractivity contribution >= 4 is 11.8 Å². The molecule has 6 heteroatoms. The van der Waals surface area contributed by atoms with Gasteiger partial charge in [0.05, 0.1) is 12.1 Å². The molecule has 1 saturated carbocycles. The Labute approximate surface area is 104 Å². The van der Waals surface area contributed by atoms with Gasteiger partial charge in [-0.25, -0.2) is 0 Å². The molecule has 96 valence electrons. The molecule has 0 unspecified atom stereocenters. The van der Waals surface area contributed by atoms with E-state index in [1.807, 2.05) is 0 Å². The fourth-order valence-corrected chi connectivity index (χ4v) is 1.55. The normalized spacial score (nSPS) is 14.1. The molecule has 0 bridgehead atoms. The van der Waals surface area contributed by atoms with Crippen LogP contribution >= 0.6 is 0 Å². The van der Waals surface area contributed by atoms with Gasteiger partial charge in [-0.3, -0.25) is 14.4 Å². The summed E-state index contributed by atoms with van der Waals surface area (Å²) in [7, 11) is 1.56. The summed E-state index contributed by atoms with van der Waals surface area (Å²) in [6, 6.07) is 3.01. The molecule has 0 radical (unpaired) electrons. The summed E-state index contributed by atoms with van der Waals surface area (Å²) in [5.41, 5.74) is 0.0944. The first-order valence-electron chi connectivity index (χ1n) is 5.80. The highest BCUT2D eigenvalue weighted by Gasteiger charge is 2.24. The molecule has 0 atom stereocenters. The van der Waals surface area contributed by atoms with Gasteiger partial charge in [0.25, 0.3) is 5.91 Å². The molecule has 2 amide bonds. The molecule has 1 aliphatic carbocycles. The molecule has 2 N–H and O–H groups in total. The molecule has 6 nitrogen and oxygen atoms in total. The SMILES string of the molecule is CN(CC(=O)NC1CC1)C(=O)c1ccc(=O)[nH]c1. The molecule has 0 saturated heterocycles. The van der Waals surface area contributed by atoms with Gasteiger partial charge < -0.3 is 15.2 Å². The number of nitrogens with zero attached hydrogens (tertiary/aromatic N) is 1. The molecule has 1 aromatic rings. The van der Waals surface area contributed by atoms with Crippen molar-refractivity contribution in [3.8, 4) is 0 Å². The highest BCUT2D eigenvalue weighted by atomic mass is 16.2. The lowest BCUT2D eigenvalue weighted by Crippen LogP contribution is -2.39. The molecule has 2 rings (SSSR count). The summed E-state index contributed by atoms with van der Waals surface area (Å²) < 4.78 is 0. The van der Waals surface area contributed by atoms with E-state index >= 15 is 0 Å². The van der Waals surface area contributed by atoms with Crippen LogP contribution < -0.4 is 10.9 Å². The number of hydrogen-bond donors (Lipinski definition) is 2. The molecular weight excluding hydrogens is 234 g/mol. The van der Waals surface area contributed by atoms with E-state index in [1.165, 1.54) is 23.2 Å². The molecule has 0 aliphatic heterocycles. The zero-order valence-corrected chi connectivity index (χ0v) is 10.1. The summed E-state index contributed by atoms with van der Waals surface area (Å²) in [4.78, 5) is 38.1. The number of H-pyrrole nitrogens is 1. The third kappa shape index (κ3) is 3.19. The number of pyridine rings is 1. The minimum absolute atomic E-state index is 0.0223. The van der Waals surface area contributed by atoms with Crippen molar-refractivity contribution in [2.75, 3.05) is 13.6 Å². The van der Waals surface area contributed by atoms with Crippen molar-refractivity contribution in [3.63, 3.8) is 0 Å². The largest absolute Gasteiger partial charge is 0.352 e. The highest BCUT2D eigenvalue weighted by Crippen LogP contribution is 2.18. The Kier molecular flexibility index (Phi) is 3.45. The van der Waals surface area contributed by atoms with Gasteiger partial charge >= 0.3 is 0 Å². The van der Waals surface area contributed by atoms with Gasteiger partial charge in [-0.1, -0.05) is 0 Å². The molecule has 0 spiro atoms. The quantitative estimate of drug-likeness (QED) is 0.770. The zero-order chi connectivity index (χ0) is 13.1. The zero-order valence-electron chi connectivity index (χ0n) is 10.1. The van der Waals surface area contributed by atoms with E-state index in [2.05, 4.69) is 10.3 Å². The summed E-state index contributed by atoms with van der Waals surface area (Å²) in [5, 5.41) is 2.81. The first-order valence-corrected chi connectivity index (χ1v) is 5.80. The third-order valence-corrected chi connectivity index (χ3v) is 2.70. The number of nitrogens with one attached hydrogen (secondary N) is 2. The minimum atomic E-state index is -0.294. The van der Waals surface area contributed by atoms with Crippen molar-refractivity contribution in [2.24, 2.45) is 0 Å². The number of aromatic nitrogens is 1. The number of carbonyl (C=O) groups excluding carboxylic acids is 2. The predicted molar refractivity (Wildman–Crippen MR) is 65.2 cm³/mol. The third-order valence-electron chi connectivity index (χ3n) is 2.70. The number of amides is 2. The van der Waals surface area contributed by atoms with E-state index < -0.39 is 0 Å².